The largest absolute Gasteiger partial charge is 0.469 e. The van der Waals surface area contributed by atoms with Gasteiger partial charge in [-0.05, 0) is 31.9 Å². The molecule has 28 heavy (non-hydrogen) atoms. The van der Waals surface area contributed by atoms with Gasteiger partial charge in [0.2, 0.25) is 0 Å². The molecule has 1 aromatic heterocycles. The first-order valence-electron chi connectivity index (χ1n) is 9.11. The number of rotatable bonds is 6. The number of aromatic nitrogens is 2. The Balaban J connectivity index is 2.05. The standard InChI is InChI=1S/C19H22N4O5/c1-12(20-13-5-3-4-6-13)18-16(11-17(24)28-2)21-22(19(18)25)14-7-9-15(10-8-14)23(26)27/h7-10,13,21H,3-6,11H2,1-2H3. The van der Waals surface area contributed by atoms with Crippen molar-refractivity contribution in [2.75, 3.05) is 7.11 Å². The molecule has 9 heteroatoms. The van der Waals surface area contributed by atoms with Gasteiger partial charge in [-0.2, -0.15) is 0 Å². The molecule has 9 nitrogen and oxygen atoms in total. The molecule has 0 bridgehead atoms. The fourth-order valence-electron chi connectivity index (χ4n) is 3.48. The number of ether oxygens (including phenoxy) is 1. The van der Waals surface area contributed by atoms with Crippen molar-refractivity contribution >= 4 is 17.4 Å². The van der Waals surface area contributed by atoms with E-state index < -0.39 is 10.9 Å². The molecule has 0 amide bonds. The second-order valence-electron chi connectivity index (χ2n) is 6.79. The summed E-state index contributed by atoms with van der Waals surface area (Å²) in [6.45, 7) is 1.77. The minimum atomic E-state index is -0.506. The average Bonchev–Trinajstić information content (AvgIpc) is 3.29. The van der Waals surface area contributed by atoms with Crippen LogP contribution in [0.1, 0.15) is 43.9 Å². The van der Waals surface area contributed by atoms with Gasteiger partial charge in [0, 0.05) is 17.8 Å². The van der Waals surface area contributed by atoms with Crippen LogP contribution in [0.3, 0.4) is 0 Å². The highest BCUT2D eigenvalue weighted by atomic mass is 16.6. The summed E-state index contributed by atoms with van der Waals surface area (Å²) in [5.41, 5.74) is 1.34. The second-order valence-corrected chi connectivity index (χ2v) is 6.79. The minimum Gasteiger partial charge on any atom is -0.469 e. The maximum Gasteiger partial charge on any atom is 0.311 e. The molecule has 0 aliphatic heterocycles. The number of nitrogens with one attached hydrogen (secondary N) is 1. The molecular weight excluding hydrogens is 364 g/mol. The van der Waals surface area contributed by atoms with Crippen molar-refractivity contribution in [3.8, 4) is 5.69 Å². The van der Waals surface area contributed by atoms with Gasteiger partial charge in [0.15, 0.2) is 0 Å². The Morgan fingerprint density at radius 3 is 2.54 bits per heavy atom. The summed E-state index contributed by atoms with van der Waals surface area (Å²) in [5.74, 6) is -0.480. The van der Waals surface area contributed by atoms with Crippen molar-refractivity contribution in [2.45, 2.75) is 45.1 Å². The molecule has 1 saturated carbocycles. The average molecular weight is 386 g/mol. The number of non-ortho nitro benzene ring substituents is 1. The zero-order valence-electron chi connectivity index (χ0n) is 15.8. The van der Waals surface area contributed by atoms with Gasteiger partial charge in [0.25, 0.3) is 11.2 Å². The number of hydrogen-bond donors (Lipinski definition) is 1. The molecule has 0 spiro atoms. The third-order valence-electron chi connectivity index (χ3n) is 4.90. The van der Waals surface area contributed by atoms with E-state index in [1.54, 1.807) is 6.92 Å². The van der Waals surface area contributed by atoms with Gasteiger partial charge >= 0.3 is 5.97 Å². The molecule has 1 aromatic carbocycles. The number of aliphatic imine (C=N–C) groups is 1. The number of carbonyl (C=O) groups is 1. The van der Waals surface area contributed by atoms with Crippen molar-refractivity contribution in [3.05, 3.63) is 56.0 Å². The van der Waals surface area contributed by atoms with Crippen LogP contribution in [0.5, 0.6) is 0 Å². The van der Waals surface area contributed by atoms with E-state index in [1.165, 1.54) is 36.1 Å². The third-order valence-corrected chi connectivity index (χ3v) is 4.90. The Hall–Kier alpha value is -3.23. The zero-order valence-corrected chi connectivity index (χ0v) is 15.8. The highest BCUT2D eigenvalue weighted by molar-refractivity contribution is 6.00. The van der Waals surface area contributed by atoms with Gasteiger partial charge in [-0.15, -0.1) is 0 Å². The number of benzene rings is 1. The predicted molar refractivity (Wildman–Crippen MR) is 103 cm³/mol. The number of carbonyl (C=O) groups excluding carboxylic acids is 1. The minimum absolute atomic E-state index is 0.0719. The first-order chi connectivity index (χ1) is 13.4. The summed E-state index contributed by atoms with van der Waals surface area (Å²) < 4.78 is 6.00. The van der Waals surface area contributed by atoms with E-state index in [9.17, 15) is 19.7 Å². The maximum absolute atomic E-state index is 13.1. The van der Waals surface area contributed by atoms with E-state index in [4.69, 9.17) is 4.74 Å². The number of nitro benzene ring substituents is 1. The van der Waals surface area contributed by atoms with Gasteiger partial charge < -0.3 is 4.74 Å². The van der Waals surface area contributed by atoms with Gasteiger partial charge in [0.1, 0.15) is 0 Å². The number of hydrogen-bond acceptors (Lipinski definition) is 6. The van der Waals surface area contributed by atoms with E-state index in [0.29, 0.717) is 22.7 Å². The molecule has 1 fully saturated rings. The molecule has 0 unspecified atom stereocenters. The Morgan fingerprint density at radius 1 is 1.32 bits per heavy atom. The molecule has 0 radical (unpaired) electrons. The lowest BCUT2D eigenvalue weighted by Crippen LogP contribution is -2.21. The molecular formula is C19H22N4O5. The fourth-order valence-corrected chi connectivity index (χ4v) is 3.48. The monoisotopic (exact) mass is 386 g/mol. The summed E-state index contributed by atoms with van der Waals surface area (Å²) in [4.78, 5) is 39.9. The van der Waals surface area contributed by atoms with Crippen LogP contribution in [0.2, 0.25) is 0 Å². The van der Waals surface area contributed by atoms with E-state index in [2.05, 4.69) is 10.1 Å². The van der Waals surface area contributed by atoms with Crippen molar-refractivity contribution < 1.29 is 14.5 Å². The van der Waals surface area contributed by atoms with Crippen LogP contribution in [-0.4, -0.2) is 39.5 Å². The van der Waals surface area contributed by atoms with E-state index in [1.807, 2.05) is 0 Å². The third kappa shape index (κ3) is 4.03. The number of nitrogens with zero attached hydrogens (tertiary/aromatic N) is 3. The number of H-pyrrole nitrogens is 1. The van der Waals surface area contributed by atoms with E-state index in [-0.39, 0.29) is 23.7 Å². The van der Waals surface area contributed by atoms with Gasteiger partial charge in [0.05, 0.1) is 41.4 Å². The summed E-state index contributed by atoms with van der Waals surface area (Å²) in [6.07, 6.45) is 4.13. The first-order valence-corrected chi connectivity index (χ1v) is 9.11. The van der Waals surface area contributed by atoms with E-state index in [0.717, 1.165) is 25.7 Å². The summed E-state index contributed by atoms with van der Waals surface area (Å²) in [5, 5.41) is 13.8. The molecule has 2 aromatic rings. The highest BCUT2D eigenvalue weighted by Crippen LogP contribution is 2.22. The highest BCUT2D eigenvalue weighted by Gasteiger charge is 2.22. The topological polar surface area (TPSA) is 120 Å². The number of esters is 1. The quantitative estimate of drug-likeness (QED) is 0.354. The summed E-state index contributed by atoms with van der Waals surface area (Å²) in [6, 6.07) is 5.79. The molecule has 148 valence electrons. The van der Waals surface area contributed by atoms with Crippen molar-refractivity contribution in [2.24, 2.45) is 4.99 Å². The van der Waals surface area contributed by atoms with Crippen LogP contribution >= 0.6 is 0 Å². The molecule has 0 atom stereocenters. The lowest BCUT2D eigenvalue weighted by atomic mass is 10.1. The van der Waals surface area contributed by atoms with Crippen molar-refractivity contribution in [1.82, 2.24) is 9.78 Å². The molecule has 1 N–H and O–H groups in total. The van der Waals surface area contributed by atoms with Crippen molar-refractivity contribution in [3.63, 3.8) is 0 Å². The van der Waals surface area contributed by atoms with Crippen LogP contribution in [-0.2, 0) is 16.0 Å². The zero-order chi connectivity index (χ0) is 20.3. The number of methoxy groups -OCH3 is 1. The SMILES string of the molecule is COC(=O)Cc1[nH]n(-c2ccc([N+](=O)[O-])cc2)c(=O)c1C(C)=NC1CCCC1. The Kier molecular flexibility index (Phi) is 5.72. The van der Waals surface area contributed by atoms with Gasteiger partial charge in [-0.3, -0.25) is 29.8 Å². The second kappa shape index (κ2) is 8.20. The summed E-state index contributed by atoms with van der Waals surface area (Å²) >= 11 is 0. The first kappa shape index (κ1) is 19.5. The summed E-state index contributed by atoms with van der Waals surface area (Å²) in [7, 11) is 1.28. The number of aromatic amines is 1. The van der Waals surface area contributed by atoms with Crippen LogP contribution in [0.15, 0.2) is 34.1 Å². The Bertz CT molecular complexity index is 965. The molecule has 1 aliphatic rings. The normalized spacial score (nSPS) is 15.0. The van der Waals surface area contributed by atoms with Crippen LogP contribution < -0.4 is 5.56 Å². The van der Waals surface area contributed by atoms with E-state index >= 15 is 0 Å². The van der Waals surface area contributed by atoms with Crippen molar-refractivity contribution in [1.29, 1.82) is 0 Å². The number of nitro groups is 1. The van der Waals surface area contributed by atoms with Gasteiger partial charge in [-0.1, -0.05) is 12.8 Å². The molecule has 1 aliphatic carbocycles. The smallest absolute Gasteiger partial charge is 0.311 e. The Labute approximate surface area is 161 Å². The molecule has 0 saturated heterocycles. The lowest BCUT2D eigenvalue weighted by molar-refractivity contribution is -0.384. The van der Waals surface area contributed by atoms with Crippen LogP contribution in [0.25, 0.3) is 5.69 Å². The van der Waals surface area contributed by atoms with Crippen LogP contribution in [0, 0.1) is 10.1 Å². The van der Waals surface area contributed by atoms with Crippen LogP contribution in [0.4, 0.5) is 5.69 Å². The fraction of sp³-hybridized carbons (Fsp3) is 0.421. The van der Waals surface area contributed by atoms with Gasteiger partial charge in [-0.25, -0.2) is 4.68 Å². The maximum atomic E-state index is 13.1. The Morgan fingerprint density at radius 2 is 1.96 bits per heavy atom. The predicted octanol–water partition coefficient (Wildman–Crippen LogP) is 2.54. The lowest BCUT2D eigenvalue weighted by Gasteiger charge is -2.05. The molecule has 3 rings (SSSR count). The molecule has 1 heterocycles.